The van der Waals surface area contributed by atoms with Crippen molar-refractivity contribution in [2.75, 3.05) is 52.4 Å². The van der Waals surface area contributed by atoms with Crippen LogP contribution in [0, 0.1) is 5.92 Å². The monoisotopic (exact) mass is 410 g/mol. The molecule has 3 heterocycles. The van der Waals surface area contributed by atoms with Crippen LogP contribution in [0.2, 0.25) is 0 Å². The highest BCUT2D eigenvalue weighted by Crippen LogP contribution is 2.41. The highest BCUT2D eigenvalue weighted by Gasteiger charge is 2.47. The van der Waals surface area contributed by atoms with E-state index in [2.05, 4.69) is 29.0 Å². The van der Waals surface area contributed by atoms with Gasteiger partial charge in [-0.2, -0.15) is 0 Å². The SMILES string of the molecule is CC(C)C(=O)NCC1CC2(CCN(C(=O)CCN3CCN(C(C)C)CC3)CC2)O1.[HH]. The van der Waals surface area contributed by atoms with Gasteiger partial charge in [-0.3, -0.25) is 14.5 Å². The van der Waals surface area contributed by atoms with Gasteiger partial charge in [0.15, 0.2) is 0 Å². The van der Waals surface area contributed by atoms with Gasteiger partial charge in [0.05, 0.1) is 11.7 Å². The lowest BCUT2D eigenvalue weighted by Crippen LogP contribution is -2.59. The Morgan fingerprint density at radius 1 is 1.07 bits per heavy atom. The molecule has 7 nitrogen and oxygen atoms in total. The highest BCUT2D eigenvalue weighted by atomic mass is 16.5. The quantitative estimate of drug-likeness (QED) is 0.690. The highest BCUT2D eigenvalue weighted by molar-refractivity contribution is 5.77. The Morgan fingerprint density at radius 2 is 1.69 bits per heavy atom. The third-order valence-electron chi connectivity index (χ3n) is 6.85. The first-order chi connectivity index (χ1) is 13.8. The van der Waals surface area contributed by atoms with Crippen molar-refractivity contribution in [1.82, 2.24) is 20.0 Å². The summed E-state index contributed by atoms with van der Waals surface area (Å²) in [6.07, 6.45) is 3.58. The van der Waals surface area contributed by atoms with Crippen LogP contribution in [0.1, 0.15) is 54.8 Å². The van der Waals surface area contributed by atoms with Crippen LogP contribution < -0.4 is 5.32 Å². The zero-order valence-corrected chi connectivity index (χ0v) is 18.8. The number of piperidine rings is 1. The number of hydrogen-bond acceptors (Lipinski definition) is 5. The molecule has 3 rings (SSSR count). The Hall–Kier alpha value is -1.18. The molecule has 0 radical (unpaired) electrons. The number of ether oxygens (including phenoxy) is 1. The molecule has 0 aliphatic carbocycles. The topological polar surface area (TPSA) is 65.1 Å². The predicted molar refractivity (Wildman–Crippen MR) is 116 cm³/mol. The fourth-order valence-electron chi connectivity index (χ4n) is 4.69. The number of nitrogens with zero attached hydrogens (tertiary/aromatic N) is 3. The van der Waals surface area contributed by atoms with Crippen LogP contribution >= 0.6 is 0 Å². The van der Waals surface area contributed by atoms with Gasteiger partial charge in [0, 0.05) is 78.6 Å². The zero-order chi connectivity index (χ0) is 21.0. The van der Waals surface area contributed by atoms with Crippen molar-refractivity contribution in [3.63, 3.8) is 0 Å². The first kappa shape index (κ1) is 22.5. The molecule has 0 aromatic carbocycles. The van der Waals surface area contributed by atoms with Crippen molar-refractivity contribution in [3.05, 3.63) is 0 Å². The lowest BCUT2D eigenvalue weighted by molar-refractivity contribution is -0.222. The lowest BCUT2D eigenvalue weighted by atomic mass is 9.80. The third kappa shape index (κ3) is 5.92. The molecular weight excluding hydrogens is 368 g/mol. The Kier molecular flexibility index (Phi) is 7.57. The van der Waals surface area contributed by atoms with Crippen molar-refractivity contribution in [2.24, 2.45) is 5.92 Å². The van der Waals surface area contributed by atoms with E-state index in [1.165, 1.54) is 0 Å². The van der Waals surface area contributed by atoms with Gasteiger partial charge in [-0.1, -0.05) is 13.8 Å². The minimum atomic E-state index is -0.0584. The molecule has 29 heavy (non-hydrogen) atoms. The van der Waals surface area contributed by atoms with Crippen LogP contribution in [-0.2, 0) is 14.3 Å². The molecular formula is C22H42N4O3. The normalized spacial score (nSPS) is 25.4. The Balaban J connectivity index is 0.00000320. The Labute approximate surface area is 177 Å². The van der Waals surface area contributed by atoms with Crippen molar-refractivity contribution >= 4 is 11.8 Å². The number of nitrogens with one attached hydrogen (secondary N) is 1. The molecule has 7 heteroatoms. The second-order valence-corrected chi connectivity index (χ2v) is 9.63. The zero-order valence-electron chi connectivity index (χ0n) is 18.8. The van der Waals surface area contributed by atoms with Crippen LogP contribution in [0.4, 0.5) is 0 Å². The molecule has 3 fully saturated rings. The van der Waals surface area contributed by atoms with Crippen molar-refractivity contribution in [1.29, 1.82) is 0 Å². The number of likely N-dealkylation sites (tertiary alicyclic amines) is 1. The maximum absolute atomic E-state index is 12.6. The first-order valence-electron chi connectivity index (χ1n) is 11.5. The van der Waals surface area contributed by atoms with E-state index in [1.807, 2.05) is 18.7 Å². The summed E-state index contributed by atoms with van der Waals surface area (Å²) >= 11 is 0. The molecule has 3 aliphatic rings. The first-order valence-corrected chi connectivity index (χ1v) is 11.5. The average molecular weight is 411 g/mol. The standard InChI is InChI=1S/C22H40N4O3.H2/c1-17(2)21(28)23-16-19-15-22(29-19)6-9-26(10-7-22)20(27)5-8-24-11-13-25(14-12-24)18(3)4;/h17-19H,5-16H2,1-4H3,(H,23,28);1H. The van der Waals surface area contributed by atoms with E-state index < -0.39 is 0 Å². The van der Waals surface area contributed by atoms with Gasteiger partial charge >= 0.3 is 0 Å². The van der Waals surface area contributed by atoms with E-state index in [0.717, 1.165) is 65.1 Å². The van der Waals surface area contributed by atoms with Gasteiger partial charge in [-0.05, 0) is 26.7 Å². The van der Waals surface area contributed by atoms with Gasteiger partial charge in [0.2, 0.25) is 11.8 Å². The molecule has 0 aromatic rings. The minimum Gasteiger partial charge on any atom is -0.370 e. The van der Waals surface area contributed by atoms with Crippen LogP contribution in [-0.4, -0.2) is 96.6 Å². The Bertz CT molecular complexity index is 563. The smallest absolute Gasteiger partial charge is 0.223 e. The summed E-state index contributed by atoms with van der Waals surface area (Å²) in [6.45, 7) is 15.7. The summed E-state index contributed by atoms with van der Waals surface area (Å²) in [5, 5.41) is 2.95. The van der Waals surface area contributed by atoms with E-state index in [4.69, 9.17) is 4.74 Å². The molecule has 1 N–H and O–H groups in total. The molecule has 1 atom stereocenters. The van der Waals surface area contributed by atoms with Crippen LogP contribution in [0.3, 0.4) is 0 Å². The molecule has 168 valence electrons. The summed E-state index contributed by atoms with van der Waals surface area (Å²) < 4.78 is 6.14. The maximum Gasteiger partial charge on any atom is 0.223 e. The van der Waals surface area contributed by atoms with Gasteiger partial charge in [0.1, 0.15) is 0 Å². The maximum atomic E-state index is 12.6. The van der Waals surface area contributed by atoms with Gasteiger partial charge in [0.25, 0.3) is 0 Å². The van der Waals surface area contributed by atoms with E-state index in [-0.39, 0.29) is 30.9 Å². The van der Waals surface area contributed by atoms with Gasteiger partial charge in [-0.25, -0.2) is 0 Å². The number of amides is 2. The molecule has 1 spiro atoms. The number of rotatable bonds is 7. The summed E-state index contributed by atoms with van der Waals surface area (Å²) in [4.78, 5) is 31.3. The molecule has 0 aromatic heterocycles. The van der Waals surface area contributed by atoms with Crippen LogP contribution in [0.25, 0.3) is 0 Å². The van der Waals surface area contributed by atoms with E-state index >= 15 is 0 Å². The van der Waals surface area contributed by atoms with Gasteiger partial charge in [-0.15, -0.1) is 0 Å². The molecule has 0 saturated carbocycles. The minimum absolute atomic E-state index is 0. The molecule has 2 amide bonds. The summed E-state index contributed by atoms with van der Waals surface area (Å²) in [5.74, 6) is 0.379. The summed E-state index contributed by atoms with van der Waals surface area (Å²) in [7, 11) is 0. The number of carbonyl (C=O) groups excluding carboxylic acids is 2. The number of hydrogen-bond donors (Lipinski definition) is 1. The summed E-state index contributed by atoms with van der Waals surface area (Å²) in [6, 6.07) is 0.610. The molecule has 3 saturated heterocycles. The van der Waals surface area contributed by atoms with Crippen LogP contribution in [0.15, 0.2) is 0 Å². The molecule has 0 bridgehead atoms. The fraction of sp³-hybridized carbons (Fsp3) is 0.909. The summed E-state index contributed by atoms with van der Waals surface area (Å²) in [5.41, 5.74) is -0.0584. The van der Waals surface area contributed by atoms with Crippen molar-refractivity contribution in [2.45, 2.75) is 71.1 Å². The molecule has 3 aliphatic heterocycles. The average Bonchev–Trinajstić information content (AvgIpc) is 2.69. The van der Waals surface area contributed by atoms with Crippen molar-refractivity contribution < 1.29 is 15.8 Å². The lowest BCUT2D eigenvalue weighted by Gasteiger charge is -2.52. The largest absolute Gasteiger partial charge is 0.370 e. The van der Waals surface area contributed by atoms with Crippen LogP contribution in [0.5, 0.6) is 0 Å². The predicted octanol–water partition coefficient (Wildman–Crippen LogP) is 1.57. The third-order valence-corrected chi connectivity index (χ3v) is 6.85. The van der Waals surface area contributed by atoms with Crippen molar-refractivity contribution in [3.8, 4) is 0 Å². The van der Waals surface area contributed by atoms with E-state index in [9.17, 15) is 9.59 Å². The second kappa shape index (κ2) is 9.75. The number of piperazine rings is 1. The van der Waals surface area contributed by atoms with E-state index in [0.29, 0.717) is 19.0 Å². The molecule has 1 unspecified atom stereocenters. The van der Waals surface area contributed by atoms with Gasteiger partial charge < -0.3 is 19.9 Å². The number of carbonyl (C=O) groups is 2. The fourth-order valence-corrected chi connectivity index (χ4v) is 4.69. The van der Waals surface area contributed by atoms with E-state index in [1.54, 1.807) is 0 Å². The Morgan fingerprint density at radius 3 is 2.24 bits per heavy atom. The second-order valence-electron chi connectivity index (χ2n) is 9.63.